The van der Waals surface area contributed by atoms with Crippen LogP contribution in [0.25, 0.3) is 0 Å². The molecule has 1 atom stereocenters. The fraction of sp³-hybridized carbons (Fsp3) is 0.333. The minimum atomic E-state index is -0.664. The van der Waals surface area contributed by atoms with Crippen LogP contribution in [0.5, 0.6) is 5.75 Å². The second-order valence-electron chi connectivity index (χ2n) is 2.89. The van der Waals surface area contributed by atoms with Gasteiger partial charge in [0.1, 0.15) is 0 Å². The van der Waals surface area contributed by atoms with Crippen molar-refractivity contribution < 1.29 is 14.6 Å². The van der Waals surface area contributed by atoms with Crippen LogP contribution in [0, 0.1) is 5.82 Å². The normalized spacial score (nSPS) is 12.8. The number of halogens is 1. The molecule has 0 aliphatic heterocycles. The van der Waals surface area contributed by atoms with Crippen molar-refractivity contribution in [3.8, 4) is 5.75 Å². The number of aromatic hydroxyl groups is 1. The van der Waals surface area contributed by atoms with E-state index in [-0.39, 0.29) is 18.8 Å². The van der Waals surface area contributed by atoms with E-state index in [1.807, 2.05) is 0 Å². The van der Waals surface area contributed by atoms with Gasteiger partial charge in [0.15, 0.2) is 11.6 Å². The van der Waals surface area contributed by atoms with E-state index in [2.05, 4.69) is 0 Å². The predicted octanol–water partition coefficient (Wildman–Crippen LogP) is 0.393. The number of aliphatic hydroxyl groups is 1. The van der Waals surface area contributed by atoms with Gasteiger partial charge in [-0.05, 0) is 18.1 Å². The molecule has 0 spiro atoms. The fourth-order valence-corrected chi connectivity index (χ4v) is 1.07. The molecule has 0 aliphatic rings. The van der Waals surface area contributed by atoms with E-state index in [1.54, 1.807) is 6.07 Å². The Morgan fingerprint density at radius 1 is 1.46 bits per heavy atom. The Labute approximate surface area is 75.6 Å². The summed E-state index contributed by atoms with van der Waals surface area (Å²) in [6.07, 6.45) is 0.264. The molecule has 13 heavy (non-hydrogen) atoms. The summed E-state index contributed by atoms with van der Waals surface area (Å²) in [7, 11) is 0. The lowest BCUT2D eigenvalue weighted by Gasteiger charge is -2.09. The largest absolute Gasteiger partial charge is 0.505 e. The topological polar surface area (TPSA) is 66.5 Å². The molecule has 0 saturated carbocycles. The Kier molecular flexibility index (Phi) is 3.22. The number of benzene rings is 1. The Balaban J connectivity index is 2.83. The molecule has 0 fully saturated rings. The van der Waals surface area contributed by atoms with E-state index in [0.717, 1.165) is 0 Å². The van der Waals surface area contributed by atoms with Crippen LogP contribution in [-0.2, 0) is 6.42 Å². The van der Waals surface area contributed by atoms with Crippen molar-refractivity contribution in [3.63, 3.8) is 0 Å². The van der Waals surface area contributed by atoms with Gasteiger partial charge in [-0.2, -0.15) is 0 Å². The number of nitrogens with two attached hydrogens (primary N) is 1. The molecule has 3 nitrogen and oxygen atoms in total. The molecular formula is C9H12FNO2. The van der Waals surface area contributed by atoms with E-state index >= 15 is 0 Å². The van der Waals surface area contributed by atoms with E-state index in [9.17, 15) is 9.50 Å². The highest BCUT2D eigenvalue weighted by Gasteiger charge is 2.09. The van der Waals surface area contributed by atoms with Gasteiger partial charge in [0.2, 0.25) is 0 Å². The van der Waals surface area contributed by atoms with Crippen LogP contribution in [0.2, 0.25) is 0 Å². The lowest BCUT2D eigenvalue weighted by molar-refractivity contribution is 0.264. The quantitative estimate of drug-likeness (QED) is 0.638. The van der Waals surface area contributed by atoms with E-state index < -0.39 is 11.9 Å². The summed E-state index contributed by atoms with van der Waals surface area (Å²) in [5.74, 6) is -1.05. The summed E-state index contributed by atoms with van der Waals surface area (Å²) in [5, 5.41) is 17.9. The Morgan fingerprint density at radius 2 is 2.15 bits per heavy atom. The SMILES string of the molecule is NC(CO)Cc1cccc(F)c1O. The Hall–Kier alpha value is -1.13. The van der Waals surface area contributed by atoms with Crippen LogP contribution in [0.1, 0.15) is 5.56 Å². The zero-order valence-electron chi connectivity index (χ0n) is 7.07. The highest BCUT2D eigenvalue weighted by molar-refractivity contribution is 5.34. The minimum Gasteiger partial charge on any atom is -0.505 e. The van der Waals surface area contributed by atoms with E-state index in [0.29, 0.717) is 5.56 Å². The van der Waals surface area contributed by atoms with Gasteiger partial charge in [0.05, 0.1) is 6.61 Å². The molecule has 4 heteroatoms. The lowest BCUT2D eigenvalue weighted by Crippen LogP contribution is -2.26. The average molecular weight is 185 g/mol. The molecule has 0 amide bonds. The summed E-state index contributed by atoms with van der Waals surface area (Å²) in [5.41, 5.74) is 5.86. The van der Waals surface area contributed by atoms with Gasteiger partial charge in [-0.25, -0.2) is 4.39 Å². The maximum Gasteiger partial charge on any atom is 0.165 e. The van der Waals surface area contributed by atoms with Crippen molar-refractivity contribution in [2.45, 2.75) is 12.5 Å². The molecular weight excluding hydrogens is 173 g/mol. The molecule has 1 rings (SSSR count). The summed E-state index contributed by atoms with van der Waals surface area (Å²) in [4.78, 5) is 0. The molecule has 1 aromatic carbocycles. The first kappa shape index (κ1) is 9.95. The standard InChI is InChI=1S/C9H12FNO2/c10-8-3-1-2-6(9(8)13)4-7(11)5-12/h1-3,7,12-13H,4-5,11H2. The van der Waals surface area contributed by atoms with Crippen LogP contribution in [0.4, 0.5) is 4.39 Å². The maximum absolute atomic E-state index is 12.8. The summed E-state index contributed by atoms with van der Waals surface area (Å²) in [6.45, 7) is -0.185. The van der Waals surface area contributed by atoms with Gasteiger partial charge in [-0.3, -0.25) is 0 Å². The fourth-order valence-electron chi connectivity index (χ4n) is 1.07. The molecule has 0 saturated heterocycles. The molecule has 1 unspecified atom stereocenters. The third-order valence-electron chi connectivity index (χ3n) is 1.79. The van der Waals surface area contributed by atoms with Crippen LogP contribution in [0.3, 0.4) is 0 Å². The van der Waals surface area contributed by atoms with Gasteiger partial charge in [0, 0.05) is 6.04 Å². The average Bonchev–Trinajstić information content (AvgIpc) is 2.13. The van der Waals surface area contributed by atoms with Crippen molar-refractivity contribution in [3.05, 3.63) is 29.6 Å². The van der Waals surface area contributed by atoms with Gasteiger partial charge in [-0.15, -0.1) is 0 Å². The third kappa shape index (κ3) is 2.40. The van der Waals surface area contributed by atoms with Crippen molar-refractivity contribution in [2.24, 2.45) is 5.73 Å². The number of hydrogen-bond acceptors (Lipinski definition) is 3. The van der Waals surface area contributed by atoms with E-state index in [4.69, 9.17) is 10.8 Å². The molecule has 0 aromatic heterocycles. The van der Waals surface area contributed by atoms with Crippen molar-refractivity contribution in [1.29, 1.82) is 0 Å². The molecule has 0 radical (unpaired) electrons. The molecule has 4 N–H and O–H groups in total. The maximum atomic E-state index is 12.8. The van der Waals surface area contributed by atoms with Crippen LogP contribution < -0.4 is 5.73 Å². The number of phenolic OH excluding ortho intramolecular Hbond substituents is 1. The monoisotopic (exact) mass is 185 g/mol. The first-order valence-corrected chi connectivity index (χ1v) is 3.98. The summed E-state index contributed by atoms with van der Waals surface area (Å²) < 4.78 is 12.8. The van der Waals surface area contributed by atoms with Gasteiger partial charge in [-0.1, -0.05) is 12.1 Å². The smallest absolute Gasteiger partial charge is 0.165 e. The highest BCUT2D eigenvalue weighted by Crippen LogP contribution is 2.21. The Morgan fingerprint density at radius 3 is 2.77 bits per heavy atom. The van der Waals surface area contributed by atoms with Crippen molar-refractivity contribution >= 4 is 0 Å². The molecule has 0 heterocycles. The van der Waals surface area contributed by atoms with Gasteiger partial charge >= 0.3 is 0 Å². The van der Waals surface area contributed by atoms with Crippen LogP contribution in [0.15, 0.2) is 18.2 Å². The zero-order chi connectivity index (χ0) is 9.84. The second-order valence-corrected chi connectivity index (χ2v) is 2.89. The van der Waals surface area contributed by atoms with Crippen LogP contribution >= 0.6 is 0 Å². The molecule has 0 aliphatic carbocycles. The number of phenols is 1. The summed E-state index contributed by atoms with van der Waals surface area (Å²) in [6, 6.07) is 3.78. The number of hydrogen-bond donors (Lipinski definition) is 3. The molecule has 72 valence electrons. The number of para-hydroxylation sites is 1. The van der Waals surface area contributed by atoms with Crippen molar-refractivity contribution in [2.75, 3.05) is 6.61 Å². The lowest BCUT2D eigenvalue weighted by atomic mass is 10.1. The Bertz CT molecular complexity index is 291. The highest BCUT2D eigenvalue weighted by atomic mass is 19.1. The number of aliphatic hydroxyl groups excluding tert-OH is 1. The second kappa shape index (κ2) is 4.20. The van der Waals surface area contributed by atoms with Crippen molar-refractivity contribution in [1.82, 2.24) is 0 Å². The minimum absolute atomic E-state index is 0.185. The predicted molar refractivity (Wildman–Crippen MR) is 46.8 cm³/mol. The molecule has 1 aromatic rings. The first-order valence-electron chi connectivity index (χ1n) is 3.98. The first-order chi connectivity index (χ1) is 6.15. The third-order valence-corrected chi connectivity index (χ3v) is 1.79. The van der Waals surface area contributed by atoms with E-state index in [1.165, 1.54) is 12.1 Å². The number of rotatable bonds is 3. The van der Waals surface area contributed by atoms with Gasteiger partial charge in [0.25, 0.3) is 0 Å². The summed E-state index contributed by atoms with van der Waals surface area (Å²) >= 11 is 0. The zero-order valence-corrected chi connectivity index (χ0v) is 7.07. The van der Waals surface area contributed by atoms with Gasteiger partial charge < -0.3 is 15.9 Å². The molecule has 0 bridgehead atoms. The van der Waals surface area contributed by atoms with Crippen LogP contribution in [-0.4, -0.2) is 22.9 Å².